The Labute approximate surface area is 423 Å². The summed E-state index contributed by atoms with van der Waals surface area (Å²) in [5.41, 5.74) is 0. The predicted octanol–water partition coefficient (Wildman–Crippen LogP) is 18.4. The number of allylic oxidation sites excluding steroid dienone is 24. The average Bonchev–Trinajstić information content (AvgIpc) is 3.35. The average molecular weight is 951 g/mol. The molecule has 0 heterocycles. The first-order valence-corrected chi connectivity index (χ1v) is 27.3. The Morgan fingerprint density at radius 2 is 0.580 bits per heavy atom. The normalized spacial score (nSPS) is 13.3. The van der Waals surface area contributed by atoms with Gasteiger partial charge < -0.3 is 14.2 Å². The Bertz CT molecular complexity index is 1560. The lowest BCUT2D eigenvalue weighted by Gasteiger charge is -2.18. The van der Waals surface area contributed by atoms with E-state index in [1.54, 1.807) is 0 Å². The van der Waals surface area contributed by atoms with Gasteiger partial charge in [-0.2, -0.15) is 0 Å². The highest BCUT2D eigenvalue weighted by molar-refractivity contribution is 5.71. The van der Waals surface area contributed by atoms with Crippen LogP contribution in [0.1, 0.15) is 213 Å². The molecule has 0 saturated carbocycles. The van der Waals surface area contributed by atoms with Crippen molar-refractivity contribution in [2.24, 2.45) is 0 Å². The first-order chi connectivity index (χ1) is 34.0. The molecule has 0 saturated heterocycles. The van der Waals surface area contributed by atoms with Gasteiger partial charge >= 0.3 is 17.9 Å². The van der Waals surface area contributed by atoms with Crippen molar-refractivity contribution in [2.75, 3.05) is 13.2 Å². The van der Waals surface area contributed by atoms with E-state index in [9.17, 15) is 14.4 Å². The fourth-order valence-electron chi connectivity index (χ4n) is 6.77. The molecular weight excluding hydrogens is 853 g/mol. The zero-order valence-corrected chi connectivity index (χ0v) is 44.0. The molecule has 0 unspecified atom stereocenters. The van der Waals surface area contributed by atoms with E-state index in [0.717, 1.165) is 141 Å². The van der Waals surface area contributed by atoms with Crippen molar-refractivity contribution in [3.63, 3.8) is 0 Å². The molecule has 0 fully saturated rings. The van der Waals surface area contributed by atoms with Gasteiger partial charge in [0.2, 0.25) is 0 Å². The molecule has 0 spiro atoms. The molecule has 0 aromatic heterocycles. The van der Waals surface area contributed by atoms with Crippen LogP contribution in [0.25, 0.3) is 0 Å². The summed E-state index contributed by atoms with van der Waals surface area (Å²) < 4.78 is 16.7. The highest BCUT2D eigenvalue weighted by Gasteiger charge is 2.19. The van der Waals surface area contributed by atoms with Crippen molar-refractivity contribution in [3.8, 4) is 0 Å². The third-order valence-electron chi connectivity index (χ3n) is 10.8. The Morgan fingerprint density at radius 3 is 0.957 bits per heavy atom. The first-order valence-electron chi connectivity index (χ1n) is 27.3. The van der Waals surface area contributed by atoms with Crippen molar-refractivity contribution in [1.29, 1.82) is 0 Å². The number of rotatable bonds is 47. The van der Waals surface area contributed by atoms with Crippen LogP contribution in [0, 0.1) is 0 Å². The number of carbonyl (C=O) groups excluding carboxylic acids is 3. The second-order valence-electron chi connectivity index (χ2n) is 17.4. The number of hydrogen-bond donors (Lipinski definition) is 0. The van der Waals surface area contributed by atoms with Gasteiger partial charge in [-0.25, -0.2) is 0 Å². The summed E-state index contributed by atoms with van der Waals surface area (Å²) >= 11 is 0. The smallest absolute Gasteiger partial charge is 0.306 e. The highest BCUT2D eigenvalue weighted by atomic mass is 16.6. The monoisotopic (exact) mass is 951 g/mol. The van der Waals surface area contributed by atoms with E-state index in [0.29, 0.717) is 12.8 Å². The molecule has 0 rings (SSSR count). The van der Waals surface area contributed by atoms with Crippen LogP contribution < -0.4 is 0 Å². The SMILES string of the molecule is CC/C=C\C/C=C\C/C=C\C/C=C\C/C=C\CCCCCC(=O)OC[C@H](COC(=O)CCC/C=C\C/C=C\C/C=C\C/C=C\C/C=C\CC)OC(=O)CCCCCCC/C=C\C/C=C\CCCCC. The maximum atomic E-state index is 12.8. The van der Waals surface area contributed by atoms with Crippen molar-refractivity contribution in [1.82, 2.24) is 0 Å². The number of unbranched alkanes of at least 4 members (excludes halogenated alkanes) is 12. The first kappa shape index (κ1) is 64.3. The summed E-state index contributed by atoms with van der Waals surface area (Å²) in [6.07, 6.45) is 79.8. The summed E-state index contributed by atoms with van der Waals surface area (Å²) in [5, 5.41) is 0. The zero-order valence-electron chi connectivity index (χ0n) is 44.0. The molecule has 386 valence electrons. The lowest BCUT2D eigenvalue weighted by Crippen LogP contribution is -2.30. The minimum absolute atomic E-state index is 0.125. The van der Waals surface area contributed by atoms with Crippen LogP contribution in [0.2, 0.25) is 0 Å². The molecule has 69 heavy (non-hydrogen) atoms. The summed E-state index contributed by atoms with van der Waals surface area (Å²) in [6, 6.07) is 0. The Kier molecular flexibility index (Phi) is 52.1. The molecule has 0 aromatic rings. The van der Waals surface area contributed by atoms with E-state index in [4.69, 9.17) is 14.2 Å². The van der Waals surface area contributed by atoms with Crippen LogP contribution in [0.15, 0.2) is 146 Å². The fraction of sp³-hybridized carbons (Fsp3) is 0.571. The number of esters is 3. The summed E-state index contributed by atoms with van der Waals surface area (Å²) in [7, 11) is 0. The second kappa shape index (κ2) is 55.9. The van der Waals surface area contributed by atoms with Crippen LogP contribution in [0.5, 0.6) is 0 Å². The lowest BCUT2D eigenvalue weighted by atomic mass is 10.1. The molecule has 1 atom stereocenters. The van der Waals surface area contributed by atoms with E-state index < -0.39 is 6.10 Å². The third kappa shape index (κ3) is 54.1. The lowest BCUT2D eigenvalue weighted by molar-refractivity contribution is -0.167. The van der Waals surface area contributed by atoms with Crippen molar-refractivity contribution >= 4 is 17.9 Å². The largest absolute Gasteiger partial charge is 0.462 e. The van der Waals surface area contributed by atoms with Crippen LogP contribution in [-0.2, 0) is 28.6 Å². The summed E-state index contributed by atoms with van der Waals surface area (Å²) in [5.74, 6) is -1.04. The van der Waals surface area contributed by atoms with E-state index >= 15 is 0 Å². The third-order valence-corrected chi connectivity index (χ3v) is 10.8. The quantitative estimate of drug-likeness (QED) is 0.0262. The Balaban J connectivity index is 4.59. The molecule has 0 aliphatic rings. The fourth-order valence-corrected chi connectivity index (χ4v) is 6.77. The van der Waals surface area contributed by atoms with Crippen LogP contribution in [-0.4, -0.2) is 37.2 Å². The predicted molar refractivity (Wildman–Crippen MR) is 297 cm³/mol. The minimum atomic E-state index is -0.829. The van der Waals surface area contributed by atoms with Gasteiger partial charge in [0.25, 0.3) is 0 Å². The molecule has 0 bridgehead atoms. The maximum Gasteiger partial charge on any atom is 0.306 e. The highest BCUT2D eigenvalue weighted by Crippen LogP contribution is 2.12. The molecule has 0 aliphatic heterocycles. The van der Waals surface area contributed by atoms with Gasteiger partial charge in [0.05, 0.1) is 0 Å². The molecule has 0 amide bonds. The van der Waals surface area contributed by atoms with Crippen molar-refractivity contribution < 1.29 is 28.6 Å². The Morgan fingerprint density at radius 1 is 0.304 bits per heavy atom. The van der Waals surface area contributed by atoms with Crippen molar-refractivity contribution in [3.05, 3.63) is 146 Å². The van der Waals surface area contributed by atoms with Gasteiger partial charge in [0.15, 0.2) is 6.10 Å². The minimum Gasteiger partial charge on any atom is -0.462 e. The van der Waals surface area contributed by atoms with E-state index in [-0.39, 0.29) is 44.0 Å². The van der Waals surface area contributed by atoms with Gasteiger partial charge in [-0.05, 0) is 135 Å². The van der Waals surface area contributed by atoms with Gasteiger partial charge in [0, 0.05) is 19.3 Å². The zero-order chi connectivity index (χ0) is 50.0. The number of carbonyl (C=O) groups is 3. The molecule has 6 nitrogen and oxygen atoms in total. The van der Waals surface area contributed by atoms with E-state index in [1.165, 1.54) is 25.7 Å². The molecule has 0 aromatic carbocycles. The summed E-state index contributed by atoms with van der Waals surface area (Å²) in [4.78, 5) is 38.1. The Hall–Kier alpha value is -4.71. The maximum absolute atomic E-state index is 12.8. The molecule has 0 aliphatic carbocycles. The van der Waals surface area contributed by atoms with Crippen LogP contribution in [0.3, 0.4) is 0 Å². The van der Waals surface area contributed by atoms with Crippen LogP contribution >= 0.6 is 0 Å². The number of ether oxygens (including phenoxy) is 3. The molecule has 6 heteroatoms. The van der Waals surface area contributed by atoms with Gasteiger partial charge in [-0.1, -0.05) is 205 Å². The second-order valence-corrected chi connectivity index (χ2v) is 17.4. The molecular formula is C63H98O6. The van der Waals surface area contributed by atoms with Crippen LogP contribution in [0.4, 0.5) is 0 Å². The molecule has 0 radical (unpaired) electrons. The van der Waals surface area contributed by atoms with Gasteiger partial charge in [-0.3, -0.25) is 14.4 Å². The van der Waals surface area contributed by atoms with E-state index in [1.807, 2.05) is 0 Å². The summed E-state index contributed by atoms with van der Waals surface area (Å²) in [6.45, 7) is 6.27. The van der Waals surface area contributed by atoms with Gasteiger partial charge in [0.1, 0.15) is 13.2 Å². The van der Waals surface area contributed by atoms with Crippen molar-refractivity contribution in [2.45, 2.75) is 219 Å². The number of hydrogen-bond acceptors (Lipinski definition) is 6. The van der Waals surface area contributed by atoms with E-state index in [2.05, 4.69) is 167 Å². The topological polar surface area (TPSA) is 78.9 Å². The standard InChI is InChI=1S/C63H98O6/c1-4-7-10-13-16-19-22-25-28-30-31-33-36-38-41-44-47-50-53-56-62(65)68-59-60(69-63(66)57-54-51-48-45-42-39-34-27-24-21-18-15-12-9-6-3)58-67-61(64)55-52-49-46-43-40-37-35-32-29-26-23-20-17-14-11-8-5-2/h7-8,10-11,16-21,25-29,31,33-35,37-38,41,43,46,60H,4-6,9,12-15,22-24,30,32,36,39-40,42,44-45,47-59H2,1-3H3/b10-7-,11-8-,19-16-,20-17-,21-18-,28-25-,29-26-,33-31-,34-27-,37-35-,41-38-,46-43-/t60-/m0/s1. The molecule has 0 N–H and O–H groups in total. The van der Waals surface area contributed by atoms with Gasteiger partial charge in [-0.15, -0.1) is 0 Å².